The van der Waals surface area contributed by atoms with Gasteiger partial charge in [0.05, 0.1) is 23.4 Å². The molecule has 350 valence electrons. The molecule has 3 fully saturated rings. The van der Waals surface area contributed by atoms with Crippen LogP contribution in [0.3, 0.4) is 0 Å². The van der Waals surface area contributed by atoms with Crippen molar-refractivity contribution >= 4 is 52.6 Å². The SMILES string of the molecule is COCc1ccc(NC(=O)c2c(C#CC3CCN(C)CC3)c(C(C)C)n3ncnc(N)c23)cc1.O=CCCCCCCN1CCN(c2ccc3c(c2)CN(C2CCC(=O)NC2=O)C3=O)CC1. The van der Waals surface area contributed by atoms with Crippen LogP contribution in [0.2, 0.25) is 0 Å². The lowest BCUT2D eigenvalue weighted by molar-refractivity contribution is -0.137. The van der Waals surface area contributed by atoms with Crippen molar-refractivity contribution < 1.29 is 28.7 Å². The van der Waals surface area contributed by atoms with Gasteiger partial charge in [-0.25, -0.2) is 9.50 Å². The third-order valence-electron chi connectivity index (χ3n) is 13.0. The molecular formula is C50H64N10O6. The quantitative estimate of drug-likeness (QED) is 0.0647. The first-order valence-electron chi connectivity index (χ1n) is 23.4. The number of hydrogen-bond acceptors (Lipinski definition) is 12. The van der Waals surface area contributed by atoms with E-state index in [1.54, 1.807) is 16.5 Å². The van der Waals surface area contributed by atoms with Crippen LogP contribution in [0.5, 0.6) is 0 Å². The number of nitrogens with zero attached hydrogens (tertiary/aromatic N) is 7. The molecule has 0 bridgehead atoms. The number of carbonyl (C=O) groups is 5. The Bertz CT molecular complexity index is 2440. The van der Waals surface area contributed by atoms with Gasteiger partial charge in [0.25, 0.3) is 11.8 Å². The molecule has 1 unspecified atom stereocenters. The number of amides is 4. The summed E-state index contributed by atoms with van der Waals surface area (Å²) in [5.74, 6) is 6.40. The first-order chi connectivity index (χ1) is 31.9. The standard InChI is InChI=1S/C26H32N6O2.C24H32N4O4/c1-17(2)23-21(10-7-18-11-13-31(3)14-12-18)22(24-25(27)28-16-29-32(23)24)26(33)30-20-8-5-19(6-9-20)15-34-4;29-15-5-3-1-2-4-10-26-11-13-27(14-12-26)19-6-7-20-18(16-19)17-28(24(20)32)21-8-9-22(30)25-23(21)31/h5-6,8-9,16-18H,11-15H2,1-4H3,(H,30,33)(H2,27,28,29);6-7,15-16,21H,1-5,8-14,17H2,(H,25,30,31). The molecule has 0 spiro atoms. The van der Waals surface area contributed by atoms with Crippen molar-refractivity contribution in [2.45, 2.75) is 96.7 Å². The summed E-state index contributed by atoms with van der Waals surface area (Å²) in [7, 11) is 3.79. The zero-order valence-electron chi connectivity index (χ0n) is 38.8. The fourth-order valence-corrected chi connectivity index (χ4v) is 9.29. The van der Waals surface area contributed by atoms with Crippen molar-refractivity contribution in [1.82, 2.24) is 34.6 Å². The molecule has 4 aliphatic rings. The number of hydrogen-bond donors (Lipinski definition) is 3. The van der Waals surface area contributed by atoms with Crippen LogP contribution in [0.15, 0.2) is 48.8 Å². The fourth-order valence-electron chi connectivity index (χ4n) is 9.29. The van der Waals surface area contributed by atoms with E-state index in [0.717, 1.165) is 100 Å². The normalized spacial score (nSPS) is 18.1. The fraction of sp³-hybridized carbons (Fsp3) is 0.500. The summed E-state index contributed by atoms with van der Waals surface area (Å²) >= 11 is 0. The smallest absolute Gasteiger partial charge is 0.259 e. The van der Waals surface area contributed by atoms with Crippen LogP contribution in [0.1, 0.15) is 121 Å². The second-order valence-electron chi connectivity index (χ2n) is 18.1. The highest BCUT2D eigenvalue weighted by Crippen LogP contribution is 2.33. The van der Waals surface area contributed by atoms with E-state index < -0.39 is 6.04 Å². The minimum atomic E-state index is -0.571. The number of nitrogen functional groups attached to an aromatic ring is 1. The lowest BCUT2D eigenvalue weighted by atomic mass is 9.96. The lowest BCUT2D eigenvalue weighted by Gasteiger charge is -2.36. The maximum atomic E-state index is 13.6. The average Bonchev–Trinajstić information content (AvgIpc) is 3.83. The van der Waals surface area contributed by atoms with Crippen LogP contribution in [-0.4, -0.2) is 125 Å². The first kappa shape index (κ1) is 47.8. The Hall–Kier alpha value is -6.15. The number of imide groups is 1. The number of likely N-dealkylation sites (tertiary alicyclic amines) is 1. The minimum absolute atomic E-state index is 0.0819. The van der Waals surface area contributed by atoms with Crippen LogP contribution in [-0.2, 0) is 32.3 Å². The predicted molar refractivity (Wildman–Crippen MR) is 254 cm³/mol. The Morgan fingerprint density at radius 1 is 0.985 bits per heavy atom. The van der Waals surface area contributed by atoms with Crippen molar-refractivity contribution in [3.8, 4) is 11.8 Å². The van der Waals surface area contributed by atoms with Gasteiger partial charge in [-0.3, -0.25) is 29.4 Å². The van der Waals surface area contributed by atoms with Gasteiger partial charge < -0.3 is 35.3 Å². The lowest BCUT2D eigenvalue weighted by Crippen LogP contribution is -2.52. The molecule has 0 saturated carbocycles. The maximum Gasteiger partial charge on any atom is 0.259 e. The maximum absolute atomic E-state index is 13.6. The predicted octanol–water partition coefficient (Wildman–Crippen LogP) is 5.25. The summed E-state index contributed by atoms with van der Waals surface area (Å²) in [6, 6.07) is 13.0. The Morgan fingerprint density at radius 2 is 1.73 bits per heavy atom. The van der Waals surface area contributed by atoms with Crippen LogP contribution in [0, 0.1) is 17.8 Å². The van der Waals surface area contributed by atoms with Gasteiger partial charge in [-0.15, -0.1) is 0 Å². The van der Waals surface area contributed by atoms with E-state index in [1.165, 1.54) is 19.2 Å². The molecule has 8 rings (SSSR count). The molecule has 4 aromatic rings. The number of nitrogens with two attached hydrogens (primary N) is 1. The van der Waals surface area contributed by atoms with E-state index >= 15 is 0 Å². The number of piperidine rings is 2. The molecule has 66 heavy (non-hydrogen) atoms. The zero-order valence-corrected chi connectivity index (χ0v) is 38.8. The van der Waals surface area contributed by atoms with E-state index in [0.29, 0.717) is 59.8 Å². The molecule has 16 nitrogen and oxygen atoms in total. The number of methoxy groups -OCH3 is 1. The van der Waals surface area contributed by atoms with Crippen LogP contribution in [0.25, 0.3) is 5.52 Å². The molecule has 0 aliphatic carbocycles. The number of rotatable bonds is 14. The number of anilines is 3. The van der Waals surface area contributed by atoms with Gasteiger partial charge in [-0.1, -0.05) is 50.7 Å². The van der Waals surface area contributed by atoms with Gasteiger partial charge in [0, 0.05) is 75.5 Å². The summed E-state index contributed by atoms with van der Waals surface area (Å²) in [5.41, 5.74) is 13.2. The summed E-state index contributed by atoms with van der Waals surface area (Å²) in [5, 5.41) is 9.78. The number of nitrogens with one attached hydrogen (secondary N) is 2. The van der Waals surface area contributed by atoms with Gasteiger partial charge in [0.15, 0.2) is 5.82 Å². The summed E-state index contributed by atoms with van der Waals surface area (Å²) in [4.78, 5) is 73.4. The Balaban J connectivity index is 0.000000197. The van der Waals surface area contributed by atoms with Gasteiger partial charge in [0.2, 0.25) is 11.8 Å². The molecule has 2 aromatic heterocycles. The van der Waals surface area contributed by atoms with E-state index in [9.17, 15) is 24.0 Å². The number of fused-ring (bicyclic) bond motifs is 2. The average molecular weight is 901 g/mol. The number of aromatic nitrogens is 3. The summed E-state index contributed by atoms with van der Waals surface area (Å²) < 4.78 is 6.89. The number of benzene rings is 2. The van der Waals surface area contributed by atoms with Crippen molar-refractivity contribution in [3.05, 3.63) is 82.3 Å². The van der Waals surface area contributed by atoms with Crippen LogP contribution >= 0.6 is 0 Å². The molecule has 16 heteroatoms. The number of unbranched alkanes of at least 4 members (excludes halogenated alkanes) is 4. The highest BCUT2D eigenvalue weighted by atomic mass is 16.5. The summed E-state index contributed by atoms with van der Waals surface area (Å²) in [6.07, 6.45) is 10.3. The molecule has 4 aliphatic heterocycles. The molecule has 4 amide bonds. The number of ether oxygens (including phenoxy) is 1. The van der Waals surface area contributed by atoms with Crippen LogP contribution in [0.4, 0.5) is 17.2 Å². The Labute approximate surface area is 387 Å². The van der Waals surface area contributed by atoms with E-state index in [-0.39, 0.29) is 41.8 Å². The number of piperazine rings is 1. The van der Waals surface area contributed by atoms with Crippen molar-refractivity contribution in [3.63, 3.8) is 0 Å². The van der Waals surface area contributed by atoms with Gasteiger partial charge in [-0.05, 0) is 106 Å². The third kappa shape index (κ3) is 11.4. The second kappa shape index (κ2) is 22.4. The highest BCUT2D eigenvalue weighted by molar-refractivity contribution is 6.13. The number of aldehydes is 1. The molecule has 0 radical (unpaired) electrons. The zero-order chi connectivity index (χ0) is 46.7. The van der Waals surface area contributed by atoms with E-state index in [4.69, 9.17) is 10.5 Å². The van der Waals surface area contributed by atoms with E-state index in [2.05, 4.69) is 74.2 Å². The molecular weight excluding hydrogens is 837 g/mol. The largest absolute Gasteiger partial charge is 0.382 e. The summed E-state index contributed by atoms with van der Waals surface area (Å²) in [6.45, 7) is 12.2. The van der Waals surface area contributed by atoms with Crippen molar-refractivity contribution in [1.29, 1.82) is 0 Å². The highest BCUT2D eigenvalue weighted by Gasteiger charge is 2.39. The molecule has 3 saturated heterocycles. The van der Waals surface area contributed by atoms with Gasteiger partial charge >= 0.3 is 0 Å². The van der Waals surface area contributed by atoms with Crippen molar-refractivity contribution in [2.24, 2.45) is 5.92 Å². The number of carbonyl (C=O) groups excluding carboxylic acids is 5. The topological polar surface area (TPSA) is 188 Å². The third-order valence-corrected chi connectivity index (χ3v) is 13.0. The van der Waals surface area contributed by atoms with Gasteiger partial charge in [-0.2, -0.15) is 5.10 Å². The van der Waals surface area contributed by atoms with E-state index in [1.807, 2.05) is 36.4 Å². The molecule has 2 aromatic carbocycles. The Morgan fingerprint density at radius 3 is 2.42 bits per heavy atom. The van der Waals surface area contributed by atoms with Crippen LogP contribution < -0.4 is 21.3 Å². The molecule has 1 atom stereocenters. The molecule has 6 heterocycles. The second-order valence-corrected chi connectivity index (χ2v) is 18.1. The van der Waals surface area contributed by atoms with Gasteiger partial charge in [0.1, 0.15) is 24.2 Å². The Kier molecular flexibility index (Phi) is 16.2. The minimum Gasteiger partial charge on any atom is -0.382 e. The molecule has 4 N–H and O–H groups in total. The monoisotopic (exact) mass is 901 g/mol. The first-order valence-corrected chi connectivity index (χ1v) is 23.4. The van der Waals surface area contributed by atoms with Crippen molar-refractivity contribution in [2.75, 3.05) is 75.9 Å².